The summed E-state index contributed by atoms with van der Waals surface area (Å²) in [5, 5.41) is 8.87. The Balaban J connectivity index is 2.94. The molecule has 1 rings (SSSR count). The number of halogens is 2. The van der Waals surface area contributed by atoms with Gasteiger partial charge in [0.1, 0.15) is 6.34 Å². The molecule has 0 bridgehead atoms. The topological polar surface area (TPSA) is 44.6 Å². The fraction of sp³-hybridized carbons (Fsp3) is 0. The van der Waals surface area contributed by atoms with Crippen LogP contribution in [0.3, 0.4) is 0 Å². The highest BCUT2D eigenvalue weighted by molar-refractivity contribution is 9.10. The van der Waals surface area contributed by atoms with Crippen LogP contribution in [0.4, 0.5) is 5.69 Å². The van der Waals surface area contributed by atoms with E-state index in [0.717, 1.165) is 4.47 Å². The SMILES string of the molecule is ONC=Nc1ccc(Cl)cc1Br. The van der Waals surface area contributed by atoms with Crippen molar-refractivity contribution in [1.82, 2.24) is 5.48 Å². The quantitative estimate of drug-likeness (QED) is 0.481. The third-order valence-electron chi connectivity index (χ3n) is 1.17. The van der Waals surface area contributed by atoms with E-state index in [4.69, 9.17) is 16.8 Å². The van der Waals surface area contributed by atoms with Crippen LogP contribution in [0, 0.1) is 0 Å². The minimum atomic E-state index is 0.637. The summed E-state index contributed by atoms with van der Waals surface area (Å²) >= 11 is 8.97. The molecule has 1 aromatic rings. The summed E-state index contributed by atoms with van der Waals surface area (Å²) in [5.41, 5.74) is 2.51. The highest BCUT2D eigenvalue weighted by Crippen LogP contribution is 2.27. The molecule has 0 radical (unpaired) electrons. The third kappa shape index (κ3) is 2.48. The summed E-state index contributed by atoms with van der Waals surface area (Å²) in [6.07, 6.45) is 1.17. The van der Waals surface area contributed by atoms with Crippen LogP contribution in [-0.2, 0) is 0 Å². The summed E-state index contributed by atoms with van der Waals surface area (Å²) in [6, 6.07) is 5.18. The molecule has 0 unspecified atom stereocenters. The van der Waals surface area contributed by atoms with Gasteiger partial charge in [-0.2, -0.15) is 0 Å². The standard InChI is InChI=1S/C7H6BrClN2O/c8-6-3-5(9)1-2-7(6)10-4-11-12/h1-4,12H,(H,10,11). The molecule has 3 nitrogen and oxygen atoms in total. The van der Waals surface area contributed by atoms with E-state index in [1.54, 1.807) is 18.2 Å². The van der Waals surface area contributed by atoms with Gasteiger partial charge in [0.05, 0.1) is 5.69 Å². The average molecular weight is 249 g/mol. The first-order valence-electron chi connectivity index (χ1n) is 3.11. The Morgan fingerprint density at radius 2 is 2.33 bits per heavy atom. The van der Waals surface area contributed by atoms with Crippen LogP contribution in [0.2, 0.25) is 5.02 Å². The molecule has 0 spiro atoms. The average Bonchev–Trinajstić information content (AvgIpc) is 2.03. The summed E-state index contributed by atoms with van der Waals surface area (Å²) in [5.74, 6) is 0. The van der Waals surface area contributed by atoms with Gasteiger partial charge >= 0.3 is 0 Å². The first-order chi connectivity index (χ1) is 5.74. The number of hydrogen-bond donors (Lipinski definition) is 2. The van der Waals surface area contributed by atoms with Gasteiger partial charge in [0.25, 0.3) is 0 Å². The molecular weight excluding hydrogens is 243 g/mol. The van der Waals surface area contributed by atoms with Crippen LogP contribution in [0.25, 0.3) is 0 Å². The molecule has 2 N–H and O–H groups in total. The van der Waals surface area contributed by atoms with E-state index >= 15 is 0 Å². The molecule has 64 valence electrons. The Morgan fingerprint density at radius 3 is 2.92 bits per heavy atom. The fourth-order valence-electron chi connectivity index (χ4n) is 0.684. The van der Waals surface area contributed by atoms with Crippen molar-refractivity contribution < 1.29 is 5.21 Å². The zero-order valence-corrected chi connectivity index (χ0v) is 8.30. The lowest BCUT2D eigenvalue weighted by atomic mass is 10.3. The van der Waals surface area contributed by atoms with Gasteiger partial charge in [0, 0.05) is 9.50 Å². The largest absolute Gasteiger partial charge is 0.290 e. The summed E-state index contributed by atoms with van der Waals surface area (Å²) in [4.78, 5) is 3.87. The van der Waals surface area contributed by atoms with E-state index in [9.17, 15) is 0 Å². The van der Waals surface area contributed by atoms with Crippen molar-refractivity contribution in [3.05, 3.63) is 27.7 Å². The summed E-state index contributed by atoms with van der Waals surface area (Å²) in [7, 11) is 0. The maximum absolute atomic E-state index is 8.23. The smallest absolute Gasteiger partial charge is 0.113 e. The van der Waals surface area contributed by atoms with Crippen LogP contribution in [0.15, 0.2) is 27.7 Å². The Labute approximate surface area is 83.2 Å². The van der Waals surface area contributed by atoms with Crippen molar-refractivity contribution >= 4 is 39.6 Å². The van der Waals surface area contributed by atoms with Gasteiger partial charge in [0.2, 0.25) is 0 Å². The molecular formula is C7H6BrClN2O. The van der Waals surface area contributed by atoms with Crippen molar-refractivity contribution in [2.75, 3.05) is 0 Å². The van der Waals surface area contributed by atoms with Gasteiger partial charge in [-0.3, -0.25) is 10.7 Å². The maximum atomic E-state index is 8.23. The second kappa shape index (κ2) is 4.45. The lowest BCUT2D eigenvalue weighted by Gasteiger charge is -1.97. The molecule has 1 aromatic carbocycles. The van der Waals surface area contributed by atoms with Crippen molar-refractivity contribution in [1.29, 1.82) is 0 Å². The minimum absolute atomic E-state index is 0.637. The fourth-order valence-corrected chi connectivity index (χ4v) is 1.47. The summed E-state index contributed by atoms with van der Waals surface area (Å²) in [6.45, 7) is 0. The van der Waals surface area contributed by atoms with Crippen LogP contribution in [0.5, 0.6) is 0 Å². The van der Waals surface area contributed by atoms with Crippen LogP contribution >= 0.6 is 27.5 Å². The number of nitrogens with zero attached hydrogens (tertiary/aromatic N) is 1. The highest BCUT2D eigenvalue weighted by atomic mass is 79.9. The first kappa shape index (κ1) is 9.51. The zero-order chi connectivity index (χ0) is 8.97. The molecule has 0 aliphatic rings. The molecule has 5 heteroatoms. The lowest BCUT2D eigenvalue weighted by Crippen LogP contribution is -2.00. The van der Waals surface area contributed by atoms with E-state index in [1.807, 2.05) is 5.48 Å². The van der Waals surface area contributed by atoms with Crippen molar-refractivity contribution in [2.24, 2.45) is 4.99 Å². The monoisotopic (exact) mass is 248 g/mol. The Bertz CT molecular complexity index is 303. The summed E-state index contributed by atoms with van der Waals surface area (Å²) < 4.78 is 0.779. The molecule has 0 amide bonds. The Morgan fingerprint density at radius 1 is 1.58 bits per heavy atom. The van der Waals surface area contributed by atoms with Crippen molar-refractivity contribution in [2.45, 2.75) is 0 Å². The van der Waals surface area contributed by atoms with Crippen molar-refractivity contribution in [3.8, 4) is 0 Å². The number of hydrogen-bond acceptors (Lipinski definition) is 2. The first-order valence-corrected chi connectivity index (χ1v) is 4.28. The van der Waals surface area contributed by atoms with Gasteiger partial charge < -0.3 is 0 Å². The van der Waals surface area contributed by atoms with Gasteiger partial charge in [-0.1, -0.05) is 11.6 Å². The van der Waals surface area contributed by atoms with Crippen LogP contribution in [0.1, 0.15) is 0 Å². The van der Waals surface area contributed by atoms with E-state index in [0.29, 0.717) is 10.7 Å². The van der Waals surface area contributed by atoms with E-state index in [-0.39, 0.29) is 0 Å². The van der Waals surface area contributed by atoms with E-state index < -0.39 is 0 Å². The van der Waals surface area contributed by atoms with Gasteiger partial charge in [-0.15, -0.1) is 0 Å². The molecule has 0 aliphatic heterocycles. The number of rotatable bonds is 2. The Hall–Kier alpha value is -0.580. The van der Waals surface area contributed by atoms with Gasteiger partial charge in [-0.25, -0.2) is 4.99 Å². The van der Waals surface area contributed by atoms with Gasteiger partial charge in [-0.05, 0) is 34.1 Å². The molecule has 0 aliphatic carbocycles. The maximum Gasteiger partial charge on any atom is 0.113 e. The predicted molar refractivity (Wildman–Crippen MR) is 52.2 cm³/mol. The normalized spacial score (nSPS) is 10.6. The molecule has 0 heterocycles. The second-order valence-corrected chi connectivity index (χ2v) is 3.27. The molecule has 12 heavy (non-hydrogen) atoms. The van der Waals surface area contributed by atoms with E-state index in [2.05, 4.69) is 20.9 Å². The van der Waals surface area contributed by atoms with E-state index in [1.165, 1.54) is 6.34 Å². The Kier molecular flexibility index (Phi) is 3.52. The lowest BCUT2D eigenvalue weighted by molar-refractivity contribution is 0.240. The number of hydroxylamine groups is 1. The molecule has 0 atom stereocenters. The number of aliphatic imine (C=N–C) groups is 1. The number of nitrogens with one attached hydrogen (secondary N) is 1. The van der Waals surface area contributed by atoms with Gasteiger partial charge in [0.15, 0.2) is 0 Å². The van der Waals surface area contributed by atoms with Crippen LogP contribution < -0.4 is 5.48 Å². The highest BCUT2D eigenvalue weighted by Gasteiger charge is 1.96. The zero-order valence-electron chi connectivity index (χ0n) is 5.96. The third-order valence-corrected chi connectivity index (χ3v) is 2.04. The molecule has 0 saturated carbocycles. The molecule has 0 fully saturated rings. The predicted octanol–water partition coefficient (Wildman–Crippen LogP) is 2.74. The van der Waals surface area contributed by atoms with Crippen LogP contribution in [-0.4, -0.2) is 11.5 Å². The number of benzene rings is 1. The minimum Gasteiger partial charge on any atom is -0.290 e. The second-order valence-electron chi connectivity index (χ2n) is 1.98. The molecule has 0 aromatic heterocycles. The van der Waals surface area contributed by atoms with Crippen molar-refractivity contribution in [3.63, 3.8) is 0 Å². The molecule has 0 saturated heterocycles.